The molecular weight excluding hydrogens is 408 g/mol. The lowest BCUT2D eigenvalue weighted by Crippen LogP contribution is -2.47. The van der Waals surface area contributed by atoms with Gasteiger partial charge in [0.1, 0.15) is 5.60 Å². The summed E-state index contributed by atoms with van der Waals surface area (Å²) in [7, 11) is 0. The van der Waals surface area contributed by atoms with Crippen LogP contribution >= 0.6 is 0 Å². The molecule has 3 N–H and O–H groups in total. The molecule has 170 valence electrons. The molecule has 2 rings (SSSR count). The monoisotopic (exact) mass is 438 g/mol. The summed E-state index contributed by atoms with van der Waals surface area (Å²) in [5, 5.41) is 32.3. The van der Waals surface area contributed by atoms with Gasteiger partial charge in [0.25, 0.3) is 0 Å². The maximum Gasteiger partial charge on any atom is 0.407 e. The van der Waals surface area contributed by atoms with Crippen LogP contribution in [0.25, 0.3) is 0 Å². The summed E-state index contributed by atoms with van der Waals surface area (Å²) in [6.07, 6.45) is -1.31. The minimum Gasteiger partial charge on any atom is -0.481 e. The summed E-state index contributed by atoms with van der Waals surface area (Å²) < 4.78 is 5.32. The van der Waals surface area contributed by atoms with Gasteiger partial charge in [-0.2, -0.15) is 5.26 Å². The Morgan fingerprint density at radius 1 is 1.03 bits per heavy atom. The van der Waals surface area contributed by atoms with Gasteiger partial charge in [-0.05, 0) is 63.3 Å². The van der Waals surface area contributed by atoms with Crippen LogP contribution < -0.4 is 5.32 Å². The lowest BCUT2D eigenvalue weighted by Gasteiger charge is -2.28. The zero-order chi connectivity index (χ0) is 23.7. The highest BCUT2D eigenvalue weighted by Gasteiger charge is 2.29. The normalized spacial score (nSPS) is 14.0. The molecule has 1 amide bonds. The zero-order valence-corrected chi connectivity index (χ0v) is 18.6. The first-order valence-electron chi connectivity index (χ1n) is 10.5. The van der Waals surface area contributed by atoms with Gasteiger partial charge in [-0.15, -0.1) is 0 Å². The maximum atomic E-state index is 12.3. The van der Waals surface area contributed by atoms with Crippen molar-refractivity contribution in [1.82, 2.24) is 5.32 Å². The van der Waals surface area contributed by atoms with E-state index in [9.17, 15) is 19.8 Å². The number of carboxylic acid groups (broad SMARTS) is 1. The summed E-state index contributed by atoms with van der Waals surface area (Å²) in [6, 6.07) is 17.3. The number of nitrogens with zero attached hydrogens (tertiary/aromatic N) is 1. The van der Waals surface area contributed by atoms with E-state index in [0.717, 1.165) is 11.1 Å². The average Bonchev–Trinajstić information content (AvgIpc) is 2.72. The highest BCUT2D eigenvalue weighted by molar-refractivity contribution is 5.70. The van der Waals surface area contributed by atoms with Crippen molar-refractivity contribution in [3.05, 3.63) is 71.3 Å². The van der Waals surface area contributed by atoms with E-state index in [1.807, 2.05) is 36.4 Å². The molecule has 0 heterocycles. The van der Waals surface area contributed by atoms with Crippen LogP contribution in [-0.4, -0.2) is 40.0 Å². The molecule has 0 fully saturated rings. The van der Waals surface area contributed by atoms with Crippen molar-refractivity contribution in [2.24, 2.45) is 5.92 Å². The number of aliphatic hydroxyl groups excluding tert-OH is 1. The van der Waals surface area contributed by atoms with E-state index in [4.69, 9.17) is 10.00 Å². The van der Waals surface area contributed by atoms with Crippen molar-refractivity contribution in [1.29, 1.82) is 5.26 Å². The Balaban J connectivity index is 2.15. The second-order valence-electron chi connectivity index (χ2n) is 8.79. The fraction of sp³-hybridized carbons (Fsp3) is 0.400. The number of carbonyl (C=O) groups excluding carboxylic acids is 1. The van der Waals surface area contributed by atoms with Gasteiger partial charge in [0.15, 0.2) is 0 Å². The van der Waals surface area contributed by atoms with Crippen LogP contribution in [0.2, 0.25) is 0 Å². The second kappa shape index (κ2) is 11.3. The first-order chi connectivity index (χ1) is 15.1. The number of hydrogen-bond acceptors (Lipinski definition) is 5. The lowest BCUT2D eigenvalue weighted by molar-refractivity contribution is -0.143. The summed E-state index contributed by atoms with van der Waals surface area (Å²) in [4.78, 5) is 24.2. The van der Waals surface area contributed by atoms with E-state index in [1.54, 1.807) is 45.0 Å². The van der Waals surface area contributed by atoms with Gasteiger partial charge < -0.3 is 20.3 Å². The molecule has 0 aromatic heterocycles. The SMILES string of the molecule is CC(C)(C)OC(=O)NC(Cc1ccccc1)C(O)CC(Cc1ccc(C#N)cc1)C(=O)O. The van der Waals surface area contributed by atoms with E-state index in [2.05, 4.69) is 5.32 Å². The Labute approximate surface area is 188 Å². The molecule has 0 aliphatic rings. The third-order valence-electron chi connectivity index (χ3n) is 4.91. The summed E-state index contributed by atoms with van der Waals surface area (Å²) >= 11 is 0. The fourth-order valence-electron chi connectivity index (χ4n) is 3.34. The Hall–Kier alpha value is -3.37. The highest BCUT2D eigenvalue weighted by atomic mass is 16.6. The molecule has 3 unspecified atom stereocenters. The molecule has 2 aromatic carbocycles. The number of aliphatic hydroxyl groups is 1. The maximum absolute atomic E-state index is 12.3. The van der Waals surface area contributed by atoms with E-state index < -0.39 is 35.7 Å². The molecule has 0 saturated heterocycles. The third kappa shape index (κ3) is 8.40. The zero-order valence-electron chi connectivity index (χ0n) is 18.6. The number of carboxylic acids is 1. The van der Waals surface area contributed by atoms with Gasteiger partial charge in [-0.1, -0.05) is 42.5 Å². The molecule has 0 aliphatic carbocycles. The molecule has 2 aromatic rings. The number of aliphatic carboxylic acids is 1. The number of benzene rings is 2. The number of ether oxygens (including phenoxy) is 1. The molecule has 0 aliphatic heterocycles. The van der Waals surface area contributed by atoms with E-state index in [0.29, 0.717) is 12.0 Å². The number of carbonyl (C=O) groups is 2. The molecule has 32 heavy (non-hydrogen) atoms. The predicted molar refractivity (Wildman–Crippen MR) is 120 cm³/mol. The van der Waals surface area contributed by atoms with Gasteiger partial charge in [-0.3, -0.25) is 4.79 Å². The average molecular weight is 439 g/mol. The minimum absolute atomic E-state index is 0.0529. The molecule has 0 spiro atoms. The van der Waals surface area contributed by atoms with Gasteiger partial charge in [0.05, 0.1) is 29.7 Å². The topological polar surface area (TPSA) is 120 Å². The second-order valence-corrected chi connectivity index (χ2v) is 8.79. The van der Waals surface area contributed by atoms with Gasteiger partial charge in [-0.25, -0.2) is 4.79 Å². The molecule has 7 heteroatoms. The first kappa shape index (κ1) is 24.9. The van der Waals surface area contributed by atoms with Crippen molar-refractivity contribution in [3.8, 4) is 6.07 Å². The Morgan fingerprint density at radius 2 is 1.62 bits per heavy atom. The molecule has 7 nitrogen and oxygen atoms in total. The quantitative estimate of drug-likeness (QED) is 0.549. The van der Waals surface area contributed by atoms with Crippen LogP contribution in [0.4, 0.5) is 4.79 Å². The number of nitrogens with one attached hydrogen (secondary N) is 1. The number of rotatable bonds is 9. The first-order valence-corrected chi connectivity index (χ1v) is 10.5. The fourth-order valence-corrected chi connectivity index (χ4v) is 3.34. The van der Waals surface area contributed by atoms with Crippen molar-refractivity contribution in [3.63, 3.8) is 0 Å². The predicted octanol–water partition coefficient (Wildman–Crippen LogP) is 3.69. The van der Waals surface area contributed by atoms with Crippen molar-refractivity contribution in [2.75, 3.05) is 0 Å². The third-order valence-corrected chi connectivity index (χ3v) is 4.91. The Morgan fingerprint density at radius 3 is 2.16 bits per heavy atom. The molecule has 0 radical (unpaired) electrons. The largest absolute Gasteiger partial charge is 0.481 e. The van der Waals surface area contributed by atoms with E-state index in [-0.39, 0.29) is 12.8 Å². The molecule has 0 bridgehead atoms. The van der Waals surface area contributed by atoms with Crippen LogP contribution in [0.3, 0.4) is 0 Å². The molecular formula is C25H30N2O5. The van der Waals surface area contributed by atoms with Gasteiger partial charge in [0, 0.05) is 0 Å². The van der Waals surface area contributed by atoms with Gasteiger partial charge >= 0.3 is 12.1 Å². The van der Waals surface area contributed by atoms with Gasteiger partial charge in [0.2, 0.25) is 0 Å². The number of amides is 1. The number of hydrogen-bond donors (Lipinski definition) is 3. The van der Waals surface area contributed by atoms with Crippen molar-refractivity contribution >= 4 is 12.1 Å². The van der Waals surface area contributed by atoms with Crippen LogP contribution in [0.1, 0.15) is 43.9 Å². The van der Waals surface area contributed by atoms with Crippen LogP contribution in [0.5, 0.6) is 0 Å². The van der Waals surface area contributed by atoms with E-state index >= 15 is 0 Å². The smallest absolute Gasteiger partial charge is 0.407 e. The molecule has 0 saturated carbocycles. The molecule has 3 atom stereocenters. The number of alkyl carbamates (subject to hydrolysis) is 1. The lowest BCUT2D eigenvalue weighted by atomic mass is 9.89. The van der Waals surface area contributed by atoms with Crippen LogP contribution in [0, 0.1) is 17.2 Å². The van der Waals surface area contributed by atoms with Crippen molar-refractivity contribution in [2.45, 2.75) is 57.8 Å². The highest BCUT2D eigenvalue weighted by Crippen LogP contribution is 2.19. The Bertz CT molecular complexity index is 930. The van der Waals surface area contributed by atoms with Crippen LogP contribution in [-0.2, 0) is 22.4 Å². The standard InChI is InChI=1S/C25H30N2O5/c1-25(2,3)32-24(31)27-21(14-17-7-5-4-6-8-17)22(28)15-20(23(29)30)13-18-9-11-19(16-26)12-10-18/h4-12,20-22,28H,13-15H2,1-3H3,(H,27,31)(H,29,30). The summed E-state index contributed by atoms with van der Waals surface area (Å²) in [6.45, 7) is 5.23. The summed E-state index contributed by atoms with van der Waals surface area (Å²) in [5.41, 5.74) is 1.44. The van der Waals surface area contributed by atoms with Crippen molar-refractivity contribution < 1.29 is 24.5 Å². The minimum atomic E-state index is -1.11. The number of nitriles is 1. The van der Waals surface area contributed by atoms with Crippen LogP contribution in [0.15, 0.2) is 54.6 Å². The summed E-state index contributed by atoms with van der Waals surface area (Å²) in [5.74, 6) is -1.90. The van der Waals surface area contributed by atoms with E-state index in [1.165, 1.54) is 0 Å². The Kier molecular flexibility index (Phi) is 8.80.